The highest BCUT2D eigenvalue weighted by Gasteiger charge is 2.12. The minimum absolute atomic E-state index is 0.0219. The Morgan fingerprint density at radius 1 is 1.47 bits per heavy atom. The maximum absolute atomic E-state index is 11.4. The Balaban J connectivity index is 3.12. The van der Waals surface area contributed by atoms with Gasteiger partial charge in [0.2, 0.25) is 11.8 Å². The Bertz CT molecular complexity index is 529. The predicted octanol–water partition coefficient (Wildman–Crippen LogP) is -1.06. The van der Waals surface area contributed by atoms with Crippen molar-refractivity contribution >= 4 is 5.91 Å². The van der Waals surface area contributed by atoms with E-state index in [9.17, 15) is 19.5 Å². The molecule has 0 aliphatic rings. The van der Waals surface area contributed by atoms with Crippen molar-refractivity contribution in [1.29, 1.82) is 0 Å². The summed E-state index contributed by atoms with van der Waals surface area (Å²) >= 11 is 0. The summed E-state index contributed by atoms with van der Waals surface area (Å²) in [5.74, 6) is -0.620. The van der Waals surface area contributed by atoms with Crippen LogP contribution in [0, 0.1) is 0 Å². The number of aromatic amines is 1. The standard InChI is InChI=1S/C10H15N3O4/c1-3-6-8(15)12-10(17)13(9(6)16)5-4-7(14)11-2/h16H,3-5H2,1-2H3,(H,11,14)(H,12,15,17). The molecule has 1 aromatic heterocycles. The van der Waals surface area contributed by atoms with Crippen LogP contribution >= 0.6 is 0 Å². The zero-order chi connectivity index (χ0) is 13.0. The smallest absolute Gasteiger partial charge is 0.331 e. The van der Waals surface area contributed by atoms with Crippen LogP contribution in [0.25, 0.3) is 0 Å². The minimum atomic E-state index is -0.714. The van der Waals surface area contributed by atoms with Crippen molar-refractivity contribution in [3.8, 4) is 5.88 Å². The third kappa shape index (κ3) is 2.74. The van der Waals surface area contributed by atoms with Crippen molar-refractivity contribution in [1.82, 2.24) is 14.9 Å². The van der Waals surface area contributed by atoms with Crippen LogP contribution in [-0.2, 0) is 17.8 Å². The molecule has 1 rings (SSSR count). The predicted molar refractivity (Wildman–Crippen MR) is 61.0 cm³/mol. The van der Waals surface area contributed by atoms with Gasteiger partial charge < -0.3 is 10.4 Å². The van der Waals surface area contributed by atoms with Gasteiger partial charge in [0.25, 0.3) is 5.56 Å². The largest absolute Gasteiger partial charge is 0.494 e. The molecule has 7 nitrogen and oxygen atoms in total. The molecule has 0 fully saturated rings. The number of aromatic hydroxyl groups is 1. The van der Waals surface area contributed by atoms with Gasteiger partial charge in [-0.3, -0.25) is 19.1 Å². The number of rotatable bonds is 4. The molecule has 94 valence electrons. The lowest BCUT2D eigenvalue weighted by atomic mass is 10.2. The van der Waals surface area contributed by atoms with Crippen molar-refractivity contribution in [3.63, 3.8) is 0 Å². The Hall–Kier alpha value is -2.05. The van der Waals surface area contributed by atoms with E-state index in [0.717, 1.165) is 4.57 Å². The number of hydrogen-bond acceptors (Lipinski definition) is 4. The molecule has 17 heavy (non-hydrogen) atoms. The Labute approximate surface area is 97.1 Å². The highest BCUT2D eigenvalue weighted by Crippen LogP contribution is 2.10. The van der Waals surface area contributed by atoms with Crippen LogP contribution in [0.3, 0.4) is 0 Å². The fraction of sp³-hybridized carbons (Fsp3) is 0.500. The molecule has 0 spiro atoms. The quantitative estimate of drug-likeness (QED) is 0.625. The van der Waals surface area contributed by atoms with Crippen LogP contribution in [0.2, 0.25) is 0 Å². The van der Waals surface area contributed by atoms with Gasteiger partial charge in [0, 0.05) is 20.0 Å². The molecule has 0 aliphatic heterocycles. The van der Waals surface area contributed by atoms with E-state index in [-0.39, 0.29) is 30.3 Å². The van der Waals surface area contributed by atoms with Crippen molar-refractivity contribution in [2.24, 2.45) is 0 Å². The summed E-state index contributed by atoms with van der Waals surface area (Å²) in [5.41, 5.74) is -1.17. The molecular weight excluding hydrogens is 226 g/mol. The topological polar surface area (TPSA) is 104 Å². The first-order chi connectivity index (χ1) is 8.01. The van der Waals surface area contributed by atoms with Gasteiger partial charge in [-0.2, -0.15) is 0 Å². The minimum Gasteiger partial charge on any atom is -0.494 e. The average molecular weight is 241 g/mol. The monoisotopic (exact) mass is 241 g/mol. The molecule has 3 N–H and O–H groups in total. The maximum atomic E-state index is 11.4. The van der Waals surface area contributed by atoms with Gasteiger partial charge in [0.05, 0.1) is 5.56 Å². The van der Waals surface area contributed by atoms with Gasteiger partial charge in [0.15, 0.2) is 0 Å². The van der Waals surface area contributed by atoms with Gasteiger partial charge in [-0.25, -0.2) is 4.79 Å². The lowest BCUT2D eigenvalue weighted by Crippen LogP contribution is -2.33. The first-order valence-corrected chi connectivity index (χ1v) is 5.26. The second-order valence-electron chi connectivity index (χ2n) is 3.49. The van der Waals surface area contributed by atoms with E-state index in [2.05, 4.69) is 10.3 Å². The average Bonchev–Trinajstić information content (AvgIpc) is 2.28. The molecule has 0 unspecified atom stereocenters. The van der Waals surface area contributed by atoms with Crippen LogP contribution in [0.1, 0.15) is 18.9 Å². The second-order valence-corrected chi connectivity index (χ2v) is 3.49. The summed E-state index contributed by atoms with van der Waals surface area (Å²) in [6, 6.07) is 0. The summed E-state index contributed by atoms with van der Waals surface area (Å²) in [6.07, 6.45) is 0.362. The zero-order valence-electron chi connectivity index (χ0n) is 9.74. The number of nitrogens with one attached hydrogen (secondary N) is 2. The lowest BCUT2D eigenvalue weighted by Gasteiger charge is -2.09. The lowest BCUT2D eigenvalue weighted by molar-refractivity contribution is -0.120. The van der Waals surface area contributed by atoms with Crippen molar-refractivity contribution in [2.75, 3.05) is 7.05 Å². The van der Waals surface area contributed by atoms with E-state index in [1.807, 2.05) is 0 Å². The summed E-state index contributed by atoms with van der Waals surface area (Å²) < 4.78 is 0.982. The van der Waals surface area contributed by atoms with Crippen molar-refractivity contribution < 1.29 is 9.90 Å². The Morgan fingerprint density at radius 3 is 2.65 bits per heavy atom. The van der Waals surface area contributed by atoms with Crippen molar-refractivity contribution in [2.45, 2.75) is 26.3 Å². The molecule has 0 aromatic carbocycles. The molecule has 0 bridgehead atoms. The zero-order valence-corrected chi connectivity index (χ0v) is 9.74. The molecule has 7 heteroatoms. The normalized spacial score (nSPS) is 10.2. The third-order valence-electron chi connectivity index (χ3n) is 2.46. The molecular formula is C10H15N3O4. The van der Waals surface area contributed by atoms with Crippen LogP contribution < -0.4 is 16.6 Å². The highest BCUT2D eigenvalue weighted by molar-refractivity contribution is 5.75. The van der Waals surface area contributed by atoms with E-state index >= 15 is 0 Å². The summed E-state index contributed by atoms with van der Waals surface area (Å²) in [6.45, 7) is 1.71. The summed E-state index contributed by atoms with van der Waals surface area (Å²) in [4.78, 5) is 35.9. The fourth-order valence-electron chi connectivity index (χ4n) is 1.47. The molecule has 1 heterocycles. The van der Waals surface area contributed by atoms with E-state index in [1.54, 1.807) is 6.92 Å². The first kappa shape index (κ1) is 13.0. The molecule has 0 atom stereocenters. The molecule has 1 amide bonds. The number of carbonyl (C=O) groups excluding carboxylic acids is 1. The molecule has 0 radical (unpaired) electrons. The van der Waals surface area contributed by atoms with E-state index in [1.165, 1.54) is 7.05 Å². The number of carbonyl (C=O) groups is 1. The maximum Gasteiger partial charge on any atom is 0.331 e. The van der Waals surface area contributed by atoms with Crippen LogP contribution in [-0.4, -0.2) is 27.6 Å². The molecule has 1 aromatic rings. The van der Waals surface area contributed by atoms with Gasteiger partial charge in [-0.1, -0.05) is 6.92 Å². The van der Waals surface area contributed by atoms with E-state index in [4.69, 9.17) is 0 Å². The van der Waals surface area contributed by atoms with Crippen LogP contribution in [0.5, 0.6) is 5.88 Å². The SMILES string of the molecule is CCc1c(O)n(CCC(=O)NC)c(=O)[nH]c1=O. The van der Waals surface area contributed by atoms with Gasteiger partial charge in [0.1, 0.15) is 0 Å². The second kappa shape index (κ2) is 5.33. The van der Waals surface area contributed by atoms with Gasteiger partial charge in [-0.15, -0.1) is 0 Å². The summed E-state index contributed by atoms with van der Waals surface area (Å²) in [5, 5.41) is 12.2. The van der Waals surface area contributed by atoms with E-state index in [0.29, 0.717) is 6.42 Å². The molecule has 0 saturated heterocycles. The molecule has 0 aliphatic carbocycles. The number of nitrogens with zero attached hydrogens (tertiary/aromatic N) is 1. The molecule has 0 saturated carbocycles. The van der Waals surface area contributed by atoms with Crippen molar-refractivity contribution in [3.05, 3.63) is 26.4 Å². The number of amides is 1. The Kier molecular flexibility index (Phi) is 4.08. The van der Waals surface area contributed by atoms with Gasteiger partial charge in [-0.05, 0) is 6.42 Å². The fourth-order valence-corrected chi connectivity index (χ4v) is 1.47. The first-order valence-electron chi connectivity index (χ1n) is 5.26. The number of hydrogen-bond donors (Lipinski definition) is 3. The van der Waals surface area contributed by atoms with E-state index < -0.39 is 11.2 Å². The number of H-pyrrole nitrogens is 1. The number of aromatic nitrogens is 2. The van der Waals surface area contributed by atoms with Crippen LogP contribution in [0.4, 0.5) is 0 Å². The van der Waals surface area contributed by atoms with Gasteiger partial charge >= 0.3 is 5.69 Å². The highest BCUT2D eigenvalue weighted by atomic mass is 16.3. The third-order valence-corrected chi connectivity index (χ3v) is 2.46. The Morgan fingerprint density at radius 2 is 2.12 bits per heavy atom. The van der Waals surface area contributed by atoms with Crippen LogP contribution in [0.15, 0.2) is 9.59 Å². The summed E-state index contributed by atoms with van der Waals surface area (Å²) in [7, 11) is 1.48.